The summed E-state index contributed by atoms with van der Waals surface area (Å²) in [5, 5.41) is 0. The van der Waals surface area contributed by atoms with Crippen molar-refractivity contribution in [2.75, 3.05) is 0 Å². The van der Waals surface area contributed by atoms with Crippen LogP contribution in [0.4, 0.5) is 0 Å². The lowest BCUT2D eigenvalue weighted by atomic mass is 9.49. The molecule has 0 nitrogen and oxygen atoms in total. The van der Waals surface area contributed by atoms with Crippen molar-refractivity contribution in [3.8, 4) is 0 Å². The minimum Gasteiger partial charge on any atom is -0.0651 e. The van der Waals surface area contributed by atoms with Crippen molar-refractivity contribution in [1.82, 2.24) is 0 Å². The molecule has 1 spiro atoms. The summed E-state index contributed by atoms with van der Waals surface area (Å²) in [6, 6.07) is 0. The van der Waals surface area contributed by atoms with Crippen LogP contribution in [0.25, 0.3) is 0 Å². The predicted octanol–water partition coefficient (Wildman–Crippen LogP) is 32.6. The van der Waals surface area contributed by atoms with Crippen LogP contribution >= 0.6 is 0 Å². The fraction of sp³-hybridized carbons (Fsp3) is 1.00. The maximum Gasteiger partial charge on any atom is -0.0288 e. The van der Waals surface area contributed by atoms with Gasteiger partial charge >= 0.3 is 0 Å². The summed E-state index contributed by atoms with van der Waals surface area (Å²) >= 11 is 0. The fourth-order valence-electron chi connectivity index (χ4n) is 29.0. The van der Waals surface area contributed by atoms with Crippen LogP contribution in [0.5, 0.6) is 0 Å². The summed E-state index contributed by atoms with van der Waals surface area (Å²) < 4.78 is 0. The molecule has 0 heteroatoms. The van der Waals surface area contributed by atoms with Crippen LogP contribution in [0.2, 0.25) is 0 Å². The Labute approximate surface area is 624 Å². The van der Waals surface area contributed by atoms with E-state index in [1.54, 1.807) is 96.3 Å². The SMILES string of the molecule is CC(C)C1C(C)(C)CCC1(C)C.CC1C2CCC(CC2)C1(C)C.CC1C2CCC(CC2)C1C.CC1CC2CCC1(C)CC2.CC1CC2CCC1CC2.CC1CCC2(CCCCC2)CC1.CCC1(C)CC(C)(C)C(C)(C)C1.CCC12CC3CC(CC(C3)C1)C2.CCC1CC(C)(C)C(C)(C)C1. The van der Waals surface area contributed by atoms with Crippen LogP contribution in [0.15, 0.2) is 0 Å². The first kappa shape index (κ1) is 84.6. The predicted molar refractivity (Wildman–Crippen MR) is 440 cm³/mol. The highest BCUT2D eigenvalue weighted by Gasteiger charge is 2.53. The van der Waals surface area contributed by atoms with Crippen LogP contribution in [-0.2, 0) is 0 Å². The number of hydrogen-bond donors (Lipinski definition) is 0. The van der Waals surface area contributed by atoms with Crippen LogP contribution in [0.3, 0.4) is 0 Å². The first-order valence-corrected chi connectivity index (χ1v) is 46.0. The van der Waals surface area contributed by atoms with Crippen molar-refractivity contribution >= 4 is 0 Å². The zero-order valence-electron chi connectivity index (χ0n) is 73.2. The zero-order chi connectivity index (χ0) is 73.2. The van der Waals surface area contributed by atoms with E-state index in [2.05, 4.69) is 187 Å². The highest BCUT2D eigenvalue weighted by atomic mass is 14.6. The lowest BCUT2D eigenvalue weighted by Gasteiger charge is -2.56. The lowest BCUT2D eigenvalue weighted by molar-refractivity contribution is -0.0545. The molecule has 0 saturated heterocycles. The summed E-state index contributed by atoms with van der Waals surface area (Å²) in [6.45, 7) is 65.6. The van der Waals surface area contributed by atoms with Crippen molar-refractivity contribution in [1.29, 1.82) is 0 Å². The molecule has 0 aromatic carbocycles. The standard InChI is InChI=1S/C12H20.C12H22.2C12H24.C11H20.C11H22.2C10H18.C9H16/c1-2-12-6-9-3-10(7-12)5-11(4-9)8-12;1-11-5-9-12(10-6-11)7-3-2-4-8-12;1-9(2)10-11(3,4)7-8-12(10,5)6;1-7-12(6)8-10(2,3)11(4,5)9-12;1-8-9-4-6-10(7-5-9)11(8,2)3;1-6-9-7-10(2,3)11(4,5)8-9;1-8-7-9-3-5-10(8,2)6-4-9;1-7-8(2)10-5-3-9(7)4-6-10;1-7-6-8-2-4-9(7)5-3-8/h9-11H,2-8H2,1H3;11H,2-10H2,1H3;9-10H,7-8H2,1-6H3;7-9H2,1-6H3;8-10H,4-7H2,1-3H3;9H,6-8H2,1-5H3;8-9H,3-7H2,1-2H3;7-10H,3-6H2,1-2H3;7-9H,2-6H2,1H3. The average Bonchev–Trinajstić information content (AvgIpc) is 1.56. The Morgan fingerprint density at radius 3 is 1.06 bits per heavy atom. The summed E-state index contributed by atoms with van der Waals surface area (Å²) in [5.74, 6) is 20.0. The maximum absolute atomic E-state index is 2.49. The summed E-state index contributed by atoms with van der Waals surface area (Å²) in [6.07, 6.45) is 63.6. The van der Waals surface area contributed by atoms with E-state index in [0.29, 0.717) is 43.3 Å². The van der Waals surface area contributed by atoms with Crippen molar-refractivity contribution in [2.24, 2.45) is 172 Å². The number of hydrogen-bond acceptors (Lipinski definition) is 0. The van der Waals surface area contributed by atoms with Gasteiger partial charge in [0.1, 0.15) is 0 Å². The van der Waals surface area contributed by atoms with Crippen molar-refractivity contribution in [3.63, 3.8) is 0 Å². The minimum atomic E-state index is 0.526. The van der Waals surface area contributed by atoms with E-state index >= 15 is 0 Å². The molecule has 21 aliphatic carbocycles. The molecule has 99 heavy (non-hydrogen) atoms. The molecule has 0 N–H and O–H groups in total. The second-order valence-electron chi connectivity index (χ2n) is 47.3. The minimum absolute atomic E-state index is 0.526. The van der Waals surface area contributed by atoms with Gasteiger partial charge in [0.05, 0.1) is 0 Å². The second kappa shape index (κ2) is 33.9. The van der Waals surface area contributed by atoms with E-state index in [0.717, 1.165) is 129 Å². The van der Waals surface area contributed by atoms with Gasteiger partial charge in [-0.25, -0.2) is 0 Å². The summed E-state index contributed by atoms with van der Waals surface area (Å²) in [4.78, 5) is 0. The Bertz CT molecular complexity index is 2240. The van der Waals surface area contributed by atoms with Gasteiger partial charge in [-0.3, -0.25) is 0 Å². The van der Waals surface area contributed by atoms with Gasteiger partial charge < -0.3 is 0 Å². The third-order valence-electron chi connectivity index (χ3n) is 37.7. The molecule has 580 valence electrons. The van der Waals surface area contributed by atoms with Crippen molar-refractivity contribution in [2.45, 2.75) is 457 Å². The Morgan fingerprint density at radius 2 is 0.788 bits per heavy atom. The third-order valence-corrected chi connectivity index (χ3v) is 37.7. The topological polar surface area (TPSA) is 0 Å². The number of rotatable bonds is 4. The number of fused-ring (bicyclic) bond motifs is 12. The first-order valence-electron chi connectivity index (χ1n) is 46.0. The fourth-order valence-corrected chi connectivity index (χ4v) is 29.0. The molecule has 0 aliphatic heterocycles. The monoisotopic (exact) mass is 1370 g/mol. The van der Waals surface area contributed by atoms with Gasteiger partial charge in [0.2, 0.25) is 0 Å². The molecule has 21 rings (SSSR count). The van der Waals surface area contributed by atoms with Crippen LogP contribution < -0.4 is 0 Å². The van der Waals surface area contributed by atoms with Crippen molar-refractivity contribution in [3.05, 3.63) is 0 Å². The molecule has 0 heterocycles. The van der Waals surface area contributed by atoms with E-state index in [1.807, 2.05) is 0 Å². The Kier molecular flexibility index (Phi) is 28.9. The molecule has 0 aromatic heterocycles. The normalized spacial score (nSPS) is 42.1. The van der Waals surface area contributed by atoms with Gasteiger partial charge in [-0.15, -0.1) is 0 Å². The molecule has 0 radical (unpaired) electrons. The molecule has 21 fully saturated rings. The lowest BCUT2D eigenvalue weighted by Crippen LogP contribution is -2.45. The molecule has 5 unspecified atom stereocenters. The summed E-state index contributed by atoms with van der Waals surface area (Å²) in [5.41, 5.74) is 6.99. The van der Waals surface area contributed by atoms with Gasteiger partial charge in [-0.05, 0) is 377 Å². The van der Waals surface area contributed by atoms with Crippen molar-refractivity contribution < 1.29 is 0 Å². The molecule has 21 saturated carbocycles. The van der Waals surface area contributed by atoms with E-state index in [4.69, 9.17) is 0 Å². The Hall–Kier alpha value is 0. The highest BCUT2D eigenvalue weighted by Crippen LogP contribution is 2.64. The molecular weight excluding hydrogens is 1190 g/mol. The van der Waals surface area contributed by atoms with Crippen LogP contribution in [0.1, 0.15) is 457 Å². The van der Waals surface area contributed by atoms with Crippen LogP contribution in [0, 0.1) is 172 Å². The van der Waals surface area contributed by atoms with Gasteiger partial charge in [-0.1, -0.05) is 251 Å². The molecule has 21 aliphatic rings. The smallest absolute Gasteiger partial charge is 0.0288 e. The highest BCUT2D eigenvalue weighted by molar-refractivity contribution is 5.04. The van der Waals surface area contributed by atoms with Gasteiger partial charge in [0.15, 0.2) is 0 Å². The van der Waals surface area contributed by atoms with Crippen LogP contribution in [-0.4, -0.2) is 0 Å². The van der Waals surface area contributed by atoms with E-state index in [9.17, 15) is 0 Å². The largest absolute Gasteiger partial charge is 0.0651 e. The zero-order valence-corrected chi connectivity index (χ0v) is 73.2. The molecule has 0 aromatic rings. The Morgan fingerprint density at radius 1 is 0.364 bits per heavy atom. The third kappa shape index (κ3) is 20.9. The van der Waals surface area contributed by atoms with Gasteiger partial charge in [0, 0.05) is 0 Å². The second-order valence-corrected chi connectivity index (χ2v) is 47.3. The maximum atomic E-state index is 2.49. The Balaban J connectivity index is 0.000000142. The summed E-state index contributed by atoms with van der Waals surface area (Å²) in [7, 11) is 0. The van der Waals surface area contributed by atoms with E-state index < -0.39 is 0 Å². The average molecular weight is 1370 g/mol. The van der Waals surface area contributed by atoms with E-state index in [-0.39, 0.29) is 0 Å². The van der Waals surface area contributed by atoms with E-state index in [1.165, 1.54) is 173 Å². The molecule has 0 amide bonds. The van der Waals surface area contributed by atoms with Gasteiger partial charge in [0.25, 0.3) is 0 Å². The molecule has 5 atom stereocenters. The quantitative estimate of drug-likeness (QED) is 0.263. The molecule has 12 bridgehead atoms. The molecular formula is C99H184. The first-order chi connectivity index (χ1) is 46.0. The van der Waals surface area contributed by atoms with Gasteiger partial charge in [-0.2, -0.15) is 0 Å².